The lowest BCUT2D eigenvalue weighted by molar-refractivity contribution is 0.528. The Morgan fingerprint density at radius 1 is 1.33 bits per heavy atom. The van der Waals surface area contributed by atoms with Gasteiger partial charge in [-0.05, 0) is 25.3 Å². The molecule has 2 atom stereocenters. The molecule has 0 aliphatic carbocycles. The van der Waals surface area contributed by atoms with Crippen LogP contribution in [0.5, 0.6) is 0 Å². The quantitative estimate of drug-likeness (QED) is 0.578. The Bertz CT molecular complexity index is 184. The fraction of sp³-hybridized carbons (Fsp3) is 0.800. The molecule has 0 aromatic carbocycles. The average Bonchev–Trinajstić information content (AvgIpc) is 2.50. The molecule has 2 nitrogen and oxygen atoms in total. The minimum Gasteiger partial charge on any atom is -0.402 e. The maximum atomic E-state index is 5.84. The van der Waals surface area contributed by atoms with Crippen LogP contribution in [-0.2, 0) is 0 Å². The molecule has 2 heterocycles. The zero-order chi connectivity index (χ0) is 9.14. The van der Waals surface area contributed by atoms with Crippen molar-refractivity contribution in [3.63, 3.8) is 0 Å². The van der Waals surface area contributed by atoms with Gasteiger partial charge in [-0.25, -0.2) is 0 Å². The Balaban J connectivity index is 0.000000336. The van der Waals surface area contributed by atoms with E-state index in [4.69, 9.17) is 5.73 Å². The molecular weight excluding hydrogens is 148 g/mol. The van der Waals surface area contributed by atoms with Crippen LogP contribution in [0, 0.1) is 0 Å². The average molecular weight is 168 g/mol. The van der Waals surface area contributed by atoms with Gasteiger partial charge in [0.15, 0.2) is 0 Å². The molecule has 2 aliphatic heterocycles. The summed E-state index contributed by atoms with van der Waals surface area (Å²) in [5.41, 5.74) is 8.35. The Morgan fingerprint density at radius 3 is 2.67 bits per heavy atom. The van der Waals surface area contributed by atoms with Crippen molar-refractivity contribution in [2.75, 3.05) is 0 Å². The monoisotopic (exact) mass is 168 g/mol. The Hall–Kier alpha value is -0.500. The van der Waals surface area contributed by atoms with E-state index in [1.165, 1.54) is 18.4 Å². The Morgan fingerprint density at radius 2 is 2.00 bits per heavy atom. The van der Waals surface area contributed by atoms with Crippen LogP contribution in [0.4, 0.5) is 0 Å². The smallest absolute Gasteiger partial charge is 0.0299 e. The molecule has 2 unspecified atom stereocenters. The molecular formula is C10H20N2. The van der Waals surface area contributed by atoms with Gasteiger partial charge in [0.2, 0.25) is 0 Å². The molecule has 0 amide bonds. The third kappa shape index (κ3) is 1.63. The predicted octanol–water partition coefficient (Wildman–Crippen LogP) is 1.77. The number of rotatable bonds is 0. The van der Waals surface area contributed by atoms with E-state index in [-0.39, 0.29) is 0 Å². The zero-order valence-electron chi connectivity index (χ0n) is 8.35. The van der Waals surface area contributed by atoms with Gasteiger partial charge in [-0.1, -0.05) is 13.8 Å². The van der Waals surface area contributed by atoms with Crippen molar-refractivity contribution >= 4 is 0 Å². The molecule has 0 aromatic rings. The van der Waals surface area contributed by atoms with Crippen LogP contribution in [0.1, 0.15) is 40.0 Å². The molecule has 12 heavy (non-hydrogen) atoms. The largest absolute Gasteiger partial charge is 0.402 e. The van der Waals surface area contributed by atoms with Crippen LogP contribution in [0.15, 0.2) is 11.3 Å². The third-order valence-corrected chi connectivity index (χ3v) is 2.74. The number of nitrogens with one attached hydrogen (secondary N) is 1. The van der Waals surface area contributed by atoms with Crippen molar-refractivity contribution in [1.29, 1.82) is 0 Å². The second-order valence-electron chi connectivity index (χ2n) is 3.41. The Labute approximate surface area is 75.2 Å². The third-order valence-electron chi connectivity index (χ3n) is 2.74. The summed E-state index contributed by atoms with van der Waals surface area (Å²) in [7, 11) is 0. The molecule has 2 bridgehead atoms. The summed E-state index contributed by atoms with van der Waals surface area (Å²) in [6, 6.07) is 1.30. The lowest BCUT2D eigenvalue weighted by Crippen LogP contribution is -2.36. The van der Waals surface area contributed by atoms with Crippen LogP contribution in [0.2, 0.25) is 0 Å². The van der Waals surface area contributed by atoms with Crippen molar-refractivity contribution in [3.05, 3.63) is 11.3 Å². The zero-order valence-corrected chi connectivity index (χ0v) is 8.35. The fourth-order valence-corrected chi connectivity index (χ4v) is 1.97. The summed E-state index contributed by atoms with van der Waals surface area (Å²) in [5.74, 6) is 0. The van der Waals surface area contributed by atoms with Gasteiger partial charge in [-0.3, -0.25) is 0 Å². The van der Waals surface area contributed by atoms with E-state index in [9.17, 15) is 0 Å². The first kappa shape index (κ1) is 9.59. The van der Waals surface area contributed by atoms with Crippen LogP contribution < -0.4 is 11.1 Å². The lowest BCUT2D eigenvalue weighted by atomic mass is 10.0. The first-order valence-electron chi connectivity index (χ1n) is 4.98. The minimum atomic E-state index is 0.610. The van der Waals surface area contributed by atoms with Gasteiger partial charge in [-0.2, -0.15) is 0 Å². The second kappa shape index (κ2) is 3.94. The van der Waals surface area contributed by atoms with Crippen LogP contribution in [0.25, 0.3) is 0 Å². The number of fused-ring (bicyclic) bond motifs is 2. The van der Waals surface area contributed by atoms with Crippen molar-refractivity contribution in [2.24, 2.45) is 5.73 Å². The summed E-state index contributed by atoms with van der Waals surface area (Å²) < 4.78 is 0. The van der Waals surface area contributed by atoms with Gasteiger partial charge in [-0.15, -0.1) is 0 Å². The maximum Gasteiger partial charge on any atom is 0.0299 e. The van der Waals surface area contributed by atoms with Gasteiger partial charge in [0, 0.05) is 24.2 Å². The first-order valence-corrected chi connectivity index (χ1v) is 4.98. The van der Waals surface area contributed by atoms with Crippen LogP contribution >= 0.6 is 0 Å². The highest BCUT2D eigenvalue weighted by molar-refractivity contribution is 5.23. The van der Waals surface area contributed by atoms with Gasteiger partial charge in [0.1, 0.15) is 0 Å². The van der Waals surface area contributed by atoms with E-state index < -0.39 is 0 Å². The van der Waals surface area contributed by atoms with E-state index in [1.807, 2.05) is 13.8 Å². The number of hydrogen-bond donors (Lipinski definition) is 2. The summed E-state index contributed by atoms with van der Waals surface area (Å²) in [5, 5.41) is 3.53. The van der Waals surface area contributed by atoms with E-state index in [0.717, 1.165) is 12.1 Å². The minimum absolute atomic E-state index is 0.610. The summed E-state index contributed by atoms with van der Waals surface area (Å²) in [4.78, 5) is 0. The van der Waals surface area contributed by atoms with Crippen molar-refractivity contribution < 1.29 is 0 Å². The van der Waals surface area contributed by atoms with Crippen molar-refractivity contribution in [3.8, 4) is 0 Å². The highest BCUT2D eigenvalue weighted by Gasteiger charge is 2.30. The van der Waals surface area contributed by atoms with Crippen molar-refractivity contribution in [2.45, 2.75) is 52.1 Å². The maximum absolute atomic E-state index is 5.84. The SMILES string of the molecule is CC.CC1=C(N)CC2CCC1N2. The summed E-state index contributed by atoms with van der Waals surface area (Å²) in [6.07, 6.45) is 3.67. The normalized spacial score (nSPS) is 32.9. The molecule has 70 valence electrons. The molecule has 2 heteroatoms. The fourth-order valence-electron chi connectivity index (χ4n) is 1.97. The standard InChI is InChI=1S/C8H14N2.C2H6/c1-5-7(9)4-6-2-3-8(5)10-6;1-2/h6,8,10H,2-4,9H2,1H3;1-2H3. The molecule has 0 aromatic heterocycles. The topological polar surface area (TPSA) is 38.0 Å². The van der Waals surface area contributed by atoms with Gasteiger partial charge in [0.25, 0.3) is 0 Å². The highest BCUT2D eigenvalue weighted by atomic mass is 15.0. The van der Waals surface area contributed by atoms with Gasteiger partial charge < -0.3 is 11.1 Å². The van der Waals surface area contributed by atoms with Crippen LogP contribution in [0.3, 0.4) is 0 Å². The lowest BCUT2D eigenvalue weighted by Gasteiger charge is -2.23. The number of nitrogens with two attached hydrogens (primary N) is 1. The van der Waals surface area contributed by atoms with Crippen molar-refractivity contribution in [1.82, 2.24) is 5.32 Å². The molecule has 0 spiro atoms. The first-order chi connectivity index (χ1) is 5.77. The van der Waals surface area contributed by atoms with E-state index in [2.05, 4.69) is 12.2 Å². The van der Waals surface area contributed by atoms with Gasteiger partial charge >= 0.3 is 0 Å². The summed E-state index contributed by atoms with van der Waals surface area (Å²) in [6.45, 7) is 6.15. The molecule has 1 saturated heterocycles. The van der Waals surface area contributed by atoms with E-state index >= 15 is 0 Å². The molecule has 1 fully saturated rings. The molecule has 0 saturated carbocycles. The molecule has 3 N–H and O–H groups in total. The number of hydrogen-bond acceptors (Lipinski definition) is 2. The molecule has 2 rings (SSSR count). The second-order valence-corrected chi connectivity index (χ2v) is 3.41. The highest BCUT2D eigenvalue weighted by Crippen LogP contribution is 2.28. The van der Waals surface area contributed by atoms with Gasteiger partial charge in [0.05, 0.1) is 0 Å². The molecule has 2 aliphatic rings. The predicted molar refractivity (Wildman–Crippen MR) is 52.8 cm³/mol. The van der Waals surface area contributed by atoms with Crippen LogP contribution in [-0.4, -0.2) is 12.1 Å². The Kier molecular flexibility index (Phi) is 3.15. The molecule has 0 radical (unpaired) electrons. The van der Waals surface area contributed by atoms with E-state index in [1.54, 1.807) is 0 Å². The van der Waals surface area contributed by atoms with E-state index in [0.29, 0.717) is 12.1 Å². The summed E-state index contributed by atoms with van der Waals surface area (Å²) >= 11 is 0.